The summed E-state index contributed by atoms with van der Waals surface area (Å²) in [6.07, 6.45) is 4.99. The second kappa shape index (κ2) is 6.07. The summed E-state index contributed by atoms with van der Waals surface area (Å²) in [6.45, 7) is 5.16. The molecule has 1 unspecified atom stereocenters. The number of hydrogen-bond donors (Lipinski definition) is 0. The van der Waals surface area contributed by atoms with Crippen LogP contribution < -0.4 is 10.5 Å². The molecule has 1 aliphatic heterocycles. The normalized spacial score (nSPS) is 19.2. The highest BCUT2D eigenvalue weighted by Crippen LogP contribution is 2.20. The van der Waals surface area contributed by atoms with Gasteiger partial charge in [-0.3, -0.25) is 9.59 Å². The summed E-state index contributed by atoms with van der Waals surface area (Å²) in [4.78, 5) is 30.1. The fraction of sp³-hybridized carbons (Fsp3) is 0.643. The molecule has 1 aromatic rings. The van der Waals surface area contributed by atoms with Gasteiger partial charge in [0.1, 0.15) is 0 Å². The highest BCUT2D eigenvalue weighted by Gasteiger charge is 2.28. The topological polar surface area (TPSA) is 64.4 Å². The van der Waals surface area contributed by atoms with Crippen LogP contribution in [0.25, 0.3) is 0 Å². The van der Waals surface area contributed by atoms with Gasteiger partial charge >= 0.3 is 5.97 Å². The molecule has 2 heterocycles. The molecule has 1 aromatic heterocycles. The van der Waals surface area contributed by atoms with E-state index in [4.69, 9.17) is 4.74 Å². The molecule has 0 spiro atoms. The van der Waals surface area contributed by atoms with Crippen LogP contribution in [0, 0.1) is 5.92 Å². The standard InChI is InChI=1S/C14H21N3O3/c1-10(2)17-8-6-15-12(13(17)18)16-7-4-5-11(9-16)14(19)20-3/h6,8,10-11H,4-5,7,9H2,1-3H3. The quantitative estimate of drug-likeness (QED) is 0.778. The first-order valence-electron chi connectivity index (χ1n) is 6.94. The van der Waals surface area contributed by atoms with Crippen LogP contribution in [0.1, 0.15) is 32.7 Å². The van der Waals surface area contributed by atoms with Gasteiger partial charge in [0.2, 0.25) is 0 Å². The molecule has 0 aliphatic carbocycles. The molecule has 0 N–H and O–H groups in total. The van der Waals surface area contributed by atoms with E-state index in [-0.39, 0.29) is 23.5 Å². The number of methoxy groups -OCH3 is 1. The zero-order valence-corrected chi connectivity index (χ0v) is 12.2. The average Bonchev–Trinajstić information content (AvgIpc) is 2.46. The van der Waals surface area contributed by atoms with E-state index in [1.165, 1.54) is 7.11 Å². The Kier molecular flexibility index (Phi) is 4.42. The number of ether oxygens (including phenoxy) is 1. The van der Waals surface area contributed by atoms with E-state index in [0.717, 1.165) is 19.4 Å². The number of aromatic nitrogens is 2. The van der Waals surface area contributed by atoms with Crippen LogP contribution in [-0.4, -0.2) is 35.7 Å². The first-order chi connectivity index (χ1) is 9.54. The minimum atomic E-state index is -0.213. The highest BCUT2D eigenvalue weighted by atomic mass is 16.5. The van der Waals surface area contributed by atoms with E-state index < -0.39 is 0 Å². The lowest BCUT2D eigenvalue weighted by Crippen LogP contribution is -2.43. The predicted molar refractivity (Wildman–Crippen MR) is 75.8 cm³/mol. The maximum Gasteiger partial charge on any atom is 0.310 e. The van der Waals surface area contributed by atoms with Gasteiger partial charge in [-0.25, -0.2) is 4.98 Å². The molecule has 0 bridgehead atoms. The van der Waals surface area contributed by atoms with Gasteiger partial charge in [-0.1, -0.05) is 0 Å². The molecule has 1 saturated heterocycles. The molecule has 20 heavy (non-hydrogen) atoms. The fourth-order valence-electron chi connectivity index (χ4n) is 2.57. The summed E-state index contributed by atoms with van der Waals surface area (Å²) in [5, 5.41) is 0. The largest absolute Gasteiger partial charge is 0.469 e. The van der Waals surface area contributed by atoms with Crippen molar-refractivity contribution in [3.05, 3.63) is 22.7 Å². The Balaban J connectivity index is 2.25. The lowest BCUT2D eigenvalue weighted by molar-refractivity contribution is -0.145. The number of anilines is 1. The summed E-state index contributed by atoms with van der Waals surface area (Å²) >= 11 is 0. The van der Waals surface area contributed by atoms with Gasteiger partial charge in [0, 0.05) is 31.5 Å². The third kappa shape index (κ3) is 2.84. The van der Waals surface area contributed by atoms with Crippen LogP contribution in [0.15, 0.2) is 17.2 Å². The van der Waals surface area contributed by atoms with Crippen molar-refractivity contribution in [1.29, 1.82) is 0 Å². The molecule has 1 atom stereocenters. The average molecular weight is 279 g/mol. The maximum absolute atomic E-state index is 12.4. The highest BCUT2D eigenvalue weighted by molar-refractivity contribution is 5.73. The molecule has 1 aliphatic rings. The molecule has 1 fully saturated rings. The Hall–Kier alpha value is -1.85. The fourth-order valence-corrected chi connectivity index (χ4v) is 2.57. The van der Waals surface area contributed by atoms with Crippen LogP contribution >= 0.6 is 0 Å². The Bertz CT molecular complexity index is 539. The first kappa shape index (κ1) is 14.6. The van der Waals surface area contributed by atoms with Gasteiger partial charge in [-0.15, -0.1) is 0 Å². The summed E-state index contributed by atoms with van der Waals surface area (Å²) in [5.41, 5.74) is -0.104. The zero-order valence-electron chi connectivity index (χ0n) is 12.2. The lowest BCUT2D eigenvalue weighted by Gasteiger charge is -2.31. The minimum Gasteiger partial charge on any atom is -0.469 e. The monoisotopic (exact) mass is 279 g/mol. The molecule has 0 radical (unpaired) electrons. The predicted octanol–water partition coefficient (Wildman–Crippen LogP) is 1.21. The van der Waals surface area contributed by atoms with E-state index in [0.29, 0.717) is 12.4 Å². The molecule has 0 saturated carbocycles. The second-order valence-corrected chi connectivity index (χ2v) is 5.37. The molecule has 6 nitrogen and oxygen atoms in total. The molecule has 0 aromatic carbocycles. The van der Waals surface area contributed by atoms with Gasteiger partial charge in [0.05, 0.1) is 13.0 Å². The Labute approximate surface area is 118 Å². The van der Waals surface area contributed by atoms with E-state index in [9.17, 15) is 9.59 Å². The summed E-state index contributed by atoms with van der Waals surface area (Å²) < 4.78 is 6.45. The third-order valence-corrected chi connectivity index (χ3v) is 3.66. The number of hydrogen-bond acceptors (Lipinski definition) is 5. The van der Waals surface area contributed by atoms with Gasteiger partial charge in [0.15, 0.2) is 5.82 Å². The van der Waals surface area contributed by atoms with Crippen LogP contribution in [0.3, 0.4) is 0 Å². The Morgan fingerprint density at radius 2 is 2.25 bits per heavy atom. The zero-order chi connectivity index (χ0) is 14.7. The van der Waals surface area contributed by atoms with Crippen molar-refractivity contribution in [2.45, 2.75) is 32.7 Å². The number of carbonyl (C=O) groups is 1. The second-order valence-electron chi connectivity index (χ2n) is 5.37. The summed E-state index contributed by atoms with van der Waals surface area (Å²) in [7, 11) is 1.40. The van der Waals surface area contributed by atoms with E-state index in [1.807, 2.05) is 18.7 Å². The van der Waals surface area contributed by atoms with Crippen LogP contribution in [0.4, 0.5) is 5.82 Å². The van der Waals surface area contributed by atoms with Crippen LogP contribution in [0.2, 0.25) is 0 Å². The van der Waals surface area contributed by atoms with Crippen molar-refractivity contribution in [3.8, 4) is 0 Å². The molecule has 6 heteroatoms. The SMILES string of the molecule is COC(=O)C1CCCN(c2nccn(C(C)C)c2=O)C1. The molecule has 0 amide bonds. The molecule has 110 valence electrons. The number of esters is 1. The smallest absolute Gasteiger partial charge is 0.310 e. The van der Waals surface area contributed by atoms with E-state index in [2.05, 4.69) is 4.98 Å². The van der Waals surface area contributed by atoms with Crippen molar-refractivity contribution < 1.29 is 9.53 Å². The van der Waals surface area contributed by atoms with Crippen molar-refractivity contribution >= 4 is 11.8 Å². The third-order valence-electron chi connectivity index (χ3n) is 3.66. The molecular weight excluding hydrogens is 258 g/mol. The number of rotatable bonds is 3. The van der Waals surface area contributed by atoms with Gasteiger partial charge in [0.25, 0.3) is 5.56 Å². The Morgan fingerprint density at radius 1 is 1.50 bits per heavy atom. The number of carbonyl (C=O) groups excluding carboxylic acids is 1. The number of nitrogens with zero attached hydrogens (tertiary/aromatic N) is 3. The lowest BCUT2D eigenvalue weighted by atomic mass is 9.98. The molecule has 2 rings (SSSR count). The van der Waals surface area contributed by atoms with Crippen molar-refractivity contribution in [2.75, 3.05) is 25.1 Å². The van der Waals surface area contributed by atoms with E-state index >= 15 is 0 Å². The van der Waals surface area contributed by atoms with Crippen molar-refractivity contribution in [2.24, 2.45) is 5.92 Å². The van der Waals surface area contributed by atoms with Gasteiger partial charge < -0.3 is 14.2 Å². The van der Waals surface area contributed by atoms with E-state index in [1.54, 1.807) is 17.0 Å². The molecular formula is C14H21N3O3. The van der Waals surface area contributed by atoms with Crippen molar-refractivity contribution in [1.82, 2.24) is 9.55 Å². The maximum atomic E-state index is 12.4. The summed E-state index contributed by atoms with van der Waals surface area (Å²) in [6, 6.07) is 0.0884. The first-order valence-corrected chi connectivity index (χ1v) is 6.94. The van der Waals surface area contributed by atoms with Gasteiger partial charge in [-0.2, -0.15) is 0 Å². The van der Waals surface area contributed by atoms with Crippen LogP contribution in [-0.2, 0) is 9.53 Å². The minimum absolute atomic E-state index is 0.0884. The number of piperidine rings is 1. The Morgan fingerprint density at radius 3 is 2.90 bits per heavy atom. The van der Waals surface area contributed by atoms with Crippen molar-refractivity contribution in [3.63, 3.8) is 0 Å². The van der Waals surface area contributed by atoms with Gasteiger partial charge in [-0.05, 0) is 26.7 Å². The van der Waals surface area contributed by atoms with Crippen LogP contribution in [0.5, 0.6) is 0 Å². The summed E-state index contributed by atoms with van der Waals surface area (Å²) in [5.74, 6) is 0.0345.